The van der Waals surface area contributed by atoms with E-state index in [0.29, 0.717) is 12.1 Å². The van der Waals surface area contributed by atoms with Crippen LogP contribution in [0.1, 0.15) is 37.0 Å². The molecule has 27 heavy (non-hydrogen) atoms. The van der Waals surface area contributed by atoms with Gasteiger partial charge < -0.3 is 16.4 Å². The van der Waals surface area contributed by atoms with Gasteiger partial charge in [0.15, 0.2) is 5.65 Å². The van der Waals surface area contributed by atoms with Crippen LogP contribution in [0, 0.1) is 0 Å². The third kappa shape index (κ3) is 4.62. The number of hydrogen-bond acceptors (Lipinski definition) is 5. The van der Waals surface area contributed by atoms with Crippen molar-refractivity contribution in [3.05, 3.63) is 48.2 Å². The zero-order valence-corrected chi connectivity index (χ0v) is 15.8. The van der Waals surface area contributed by atoms with E-state index in [9.17, 15) is 4.79 Å². The molecule has 0 saturated heterocycles. The SMILES string of the molecule is CCCCNc1ccc2ncc(-c3ccc(C(=O)NCC(C)N)cc3)n2n1. The number of anilines is 1. The number of hydrogen-bond donors (Lipinski definition) is 3. The first-order chi connectivity index (χ1) is 13.1. The maximum absolute atomic E-state index is 12.1. The van der Waals surface area contributed by atoms with Crippen molar-refractivity contribution >= 4 is 17.4 Å². The predicted molar refractivity (Wildman–Crippen MR) is 108 cm³/mol. The van der Waals surface area contributed by atoms with Crippen LogP contribution in [0.3, 0.4) is 0 Å². The zero-order chi connectivity index (χ0) is 19.2. The summed E-state index contributed by atoms with van der Waals surface area (Å²) < 4.78 is 1.82. The van der Waals surface area contributed by atoms with Crippen molar-refractivity contribution in [2.24, 2.45) is 5.73 Å². The summed E-state index contributed by atoms with van der Waals surface area (Å²) in [5.41, 5.74) is 8.89. The number of unbranched alkanes of at least 4 members (excludes halogenated alkanes) is 1. The molecule has 1 aromatic carbocycles. The largest absolute Gasteiger partial charge is 0.369 e. The van der Waals surface area contributed by atoms with E-state index in [2.05, 4.69) is 27.6 Å². The molecule has 2 aromatic heterocycles. The highest BCUT2D eigenvalue weighted by atomic mass is 16.1. The van der Waals surface area contributed by atoms with E-state index in [0.717, 1.165) is 42.1 Å². The molecule has 1 unspecified atom stereocenters. The maximum Gasteiger partial charge on any atom is 0.251 e. The highest BCUT2D eigenvalue weighted by molar-refractivity contribution is 5.94. The first-order valence-electron chi connectivity index (χ1n) is 9.31. The van der Waals surface area contributed by atoms with Gasteiger partial charge in [-0.05, 0) is 37.6 Å². The Bertz CT molecular complexity index is 900. The second kappa shape index (κ2) is 8.64. The molecule has 0 bridgehead atoms. The molecule has 3 aromatic rings. The number of nitrogens with one attached hydrogen (secondary N) is 2. The van der Waals surface area contributed by atoms with Gasteiger partial charge in [0.25, 0.3) is 5.91 Å². The van der Waals surface area contributed by atoms with Gasteiger partial charge in [0, 0.05) is 30.3 Å². The monoisotopic (exact) mass is 366 g/mol. The molecule has 2 heterocycles. The summed E-state index contributed by atoms with van der Waals surface area (Å²) in [6.45, 7) is 5.36. The number of carbonyl (C=O) groups excluding carboxylic acids is 1. The standard InChI is InChI=1S/C20H26N6O/c1-3-4-11-22-18-9-10-19-23-13-17(26(19)25-18)15-5-7-16(8-6-15)20(27)24-12-14(2)21/h5-10,13-14H,3-4,11-12,21H2,1-2H3,(H,22,25)(H,24,27). The normalized spacial score (nSPS) is 12.1. The number of imidazole rings is 1. The van der Waals surface area contributed by atoms with E-state index < -0.39 is 0 Å². The van der Waals surface area contributed by atoms with Gasteiger partial charge in [-0.2, -0.15) is 0 Å². The van der Waals surface area contributed by atoms with Crippen LogP contribution < -0.4 is 16.4 Å². The van der Waals surface area contributed by atoms with Crippen LogP contribution in [-0.2, 0) is 0 Å². The lowest BCUT2D eigenvalue weighted by atomic mass is 10.1. The Morgan fingerprint density at radius 3 is 2.70 bits per heavy atom. The fourth-order valence-electron chi connectivity index (χ4n) is 2.71. The Morgan fingerprint density at radius 1 is 1.22 bits per heavy atom. The molecule has 4 N–H and O–H groups in total. The van der Waals surface area contributed by atoms with Crippen molar-refractivity contribution in [2.75, 3.05) is 18.4 Å². The molecule has 3 rings (SSSR count). The minimum absolute atomic E-state index is 0.0717. The quantitative estimate of drug-likeness (QED) is 0.533. The van der Waals surface area contributed by atoms with Gasteiger partial charge in [-0.1, -0.05) is 25.5 Å². The summed E-state index contributed by atoms with van der Waals surface area (Å²) >= 11 is 0. The van der Waals surface area contributed by atoms with Crippen molar-refractivity contribution in [1.29, 1.82) is 0 Å². The molecule has 0 aliphatic carbocycles. The Kier molecular flexibility index (Phi) is 6.03. The van der Waals surface area contributed by atoms with Crippen molar-refractivity contribution in [2.45, 2.75) is 32.7 Å². The van der Waals surface area contributed by atoms with Crippen LogP contribution in [0.4, 0.5) is 5.82 Å². The molecule has 0 aliphatic rings. The van der Waals surface area contributed by atoms with Gasteiger partial charge in [0.2, 0.25) is 0 Å². The number of benzene rings is 1. The van der Waals surface area contributed by atoms with Gasteiger partial charge in [0.1, 0.15) is 5.82 Å². The summed E-state index contributed by atoms with van der Waals surface area (Å²) in [6.07, 6.45) is 4.03. The summed E-state index contributed by atoms with van der Waals surface area (Å²) in [7, 11) is 0. The predicted octanol–water partition coefficient (Wildman–Crippen LogP) is 2.69. The highest BCUT2D eigenvalue weighted by Crippen LogP contribution is 2.21. The molecule has 0 aliphatic heterocycles. The molecule has 7 heteroatoms. The van der Waals surface area contributed by atoms with Crippen molar-refractivity contribution in [1.82, 2.24) is 19.9 Å². The fraction of sp³-hybridized carbons (Fsp3) is 0.350. The first-order valence-corrected chi connectivity index (χ1v) is 9.31. The Balaban J connectivity index is 1.80. The third-order valence-corrected chi connectivity index (χ3v) is 4.23. The van der Waals surface area contributed by atoms with Crippen LogP contribution >= 0.6 is 0 Å². The molecule has 142 valence electrons. The van der Waals surface area contributed by atoms with Crippen molar-refractivity contribution in [3.8, 4) is 11.3 Å². The zero-order valence-electron chi connectivity index (χ0n) is 15.8. The average molecular weight is 366 g/mol. The lowest BCUT2D eigenvalue weighted by molar-refractivity contribution is 0.0951. The van der Waals surface area contributed by atoms with Crippen LogP contribution in [0.2, 0.25) is 0 Å². The smallest absolute Gasteiger partial charge is 0.251 e. The van der Waals surface area contributed by atoms with Gasteiger partial charge in [0.05, 0.1) is 11.9 Å². The van der Waals surface area contributed by atoms with E-state index in [-0.39, 0.29) is 11.9 Å². The summed E-state index contributed by atoms with van der Waals surface area (Å²) in [6, 6.07) is 11.2. The average Bonchev–Trinajstić information content (AvgIpc) is 3.09. The summed E-state index contributed by atoms with van der Waals surface area (Å²) in [5, 5.41) is 10.8. The second-order valence-corrected chi connectivity index (χ2v) is 6.68. The number of amides is 1. The molecule has 1 amide bonds. The van der Waals surface area contributed by atoms with Gasteiger partial charge in [-0.3, -0.25) is 4.79 Å². The number of aromatic nitrogens is 3. The third-order valence-electron chi connectivity index (χ3n) is 4.23. The first kappa shape index (κ1) is 18.8. The molecule has 0 saturated carbocycles. The lowest BCUT2D eigenvalue weighted by Crippen LogP contribution is -2.35. The van der Waals surface area contributed by atoms with E-state index in [1.165, 1.54) is 0 Å². The number of nitrogens with zero attached hydrogens (tertiary/aromatic N) is 3. The molecule has 0 fully saturated rings. The molecule has 7 nitrogen and oxygen atoms in total. The summed E-state index contributed by atoms with van der Waals surface area (Å²) in [4.78, 5) is 16.5. The van der Waals surface area contributed by atoms with Crippen LogP contribution in [0.5, 0.6) is 0 Å². The van der Waals surface area contributed by atoms with Crippen LogP contribution in [-0.4, -0.2) is 39.6 Å². The Morgan fingerprint density at radius 2 is 2.00 bits per heavy atom. The number of carbonyl (C=O) groups is 1. The van der Waals surface area contributed by atoms with E-state index >= 15 is 0 Å². The number of nitrogens with two attached hydrogens (primary N) is 1. The van der Waals surface area contributed by atoms with E-state index in [4.69, 9.17) is 5.73 Å². The summed E-state index contributed by atoms with van der Waals surface area (Å²) in [5.74, 6) is 0.694. The molecular weight excluding hydrogens is 340 g/mol. The second-order valence-electron chi connectivity index (χ2n) is 6.68. The fourth-order valence-corrected chi connectivity index (χ4v) is 2.71. The minimum atomic E-state index is -0.127. The van der Waals surface area contributed by atoms with Gasteiger partial charge >= 0.3 is 0 Å². The molecule has 0 spiro atoms. The molecular formula is C20H26N6O. The van der Waals surface area contributed by atoms with E-state index in [1.54, 1.807) is 18.3 Å². The van der Waals surface area contributed by atoms with Crippen LogP contribution in [0.15, 0.2) is 42.6 Å². The van der Waals surface area contributed by atoms with Gasteiger partial charge in [-0.15, -0.1) is 5.10 Å². The Labute approximate surface area is 159 Å². The Hall–Kier alpha value is -2.93. The van der Waals surface area contributed by atoms with E-state index in [1.807, 2.05) is 35.7 Å². The maximum atomic E-state index is 12.1. The molecule has 0 radical (unpaired) electrons. The molecule has 1 atom stereocenters. The van der Waals surface area contributed by atoms with Gasteiger partial charge in [-0.25, -0.2) is 9.50 Å². The number of rotatable bonds is 8. The van der Waals surface area contributed by atoms with Crippen molar-refractivity contribution in [3.63, 3.8) is 0 Å². The number of fused-ring (bicyclic) bond motifs is 1. The van der Waals surface area contributed by atoms with Crippen molar-refractivity contribution < 1.29 is 4.79 Å². The van der Waals surface area contributed by atoms with Crippen LogP contribution in [0.25, 0.3) is 16.9 Å². The minimum Gasteiger partial charge on any atom is -0.369 e. The highest BCUT2D eigenvalue weighted by Gasteiger charge is 2.10. The topological polar surface area (TPSA) is 97.3 Å². The lowest BCUT2D eigenvalue weighted by Gasteiger charge is -2.09.